The lowest BCUT2D eigenvalue weighted by Crippen LogP contribution is -2.47. The quantitative estimate of drug-likeness (QED) is 0.527. The first kappa shape index (κ1) is 20.6. The lowest BCUT2D eigenvalue weighted by molar-refractivity contribution is -0.183. The van der Waals surface area contributed by atoms with Gasteiger partial charge in [0.2, 0.25) is 5.91 Å². The fourth-order valence-electron chi connectivity index (χ4n) is 2.82. The molecule has 24 heavy (non-hydrogen) atoms. The maximum Gasteiger partial charge on any atom is 0.391 e. The number of carbonyl (C=O) groups is 1. The second kappa shape index (κ2) is 8.58. The largest absolute Gasteiger partial charge is 0.391 e. The molecule has 2 unspecified atom stereocenters. The highest BCUT2D eigenvalue weighted by Crippen LogP contribution is 2.37. The summed E-state index contributed by atoms with van der Waals surface area (Å²) in [5.74, 6) is -0.923. The van der Waals surface area contributed by atoms with Gasteiger partial charge in [0.05, 0.1) is 17.9 Å². The number of halogens is 3. The van der Waals surface area contributed by atoms with Gasteiger partial charge in [-0.2, -0.15) is 13.2 Å². The molecule has 5 nitrogen and oxygen atoms in total. The minimum absolute atomic E-state index is 0.0623. The zero-order valence-corrected chi connectivity index (χ0v) is 14.9. The molecule has 2 atom stereocenters. The number of carbonyl (C=O) groups excluding carboxylic acids is 1. The lowest BCUT2D eigenvalue weighted by atomic mass is 9.85. The number of alkyl halides is 3. The summed E-state index contributed by atoms with van der Waals surface area (Å²) < 4.78 is 38.7. The maximum absolute atomic E-state index is 12.9. The van der Waals surface area contributed by atoms with Crippen molar-refractivity contribution in [2.45, 2.75) is 58.7 Å². The van der Waals surface area contributed by atoms with Crippen molar-refractivity contribution >= 4 is 11.9 Å². The van der Waals surface area contributed by atoms with Crippen LogP contribution in [0.4, 0.5) is 13.2 Å². The van der Waals surface area contributed by atoms with Gasteiger partial charge in [-0.25, -0.2) is 0 Å². The molecule has 1 rings (SSSR count). The molecule has 0 radical (unpaired) electrons. The van der Waals surface area contributed by atoms with Gasteiger partial charge in [-0.05, 0) is 40.0 Å². The van der Waals surface area contributed by atoms with Crippen molar-refractivity contribution < 1.29 is 18.0 Å². The smallest absolute Gasteiger partial charge is 0.359 e. The number of rotatable bonds is 5. The molecule has 0 heterocycles. The molecule has 0 aromatic heterocycles. The number of nitrogens with one attached hydrogen (secondary N) is 3. The summed E-state index contributed by atoms with van der Waals surface area (Å²) in [5.41, 5.74) is -0.682. The zero-order chi connectivity index (χ0) is 18.4. The van der Waals surface area contributed by atoms with Gasteiger partial charge < -0.3 is 16.0 Å². The minimum atomic E-state index is -4.14. The van der Waals surface area contributed by atoms with Gasteiger partial charge in [0.1, 0.15) is 0 Å². The Hall–Kier alpha value is -1.47. The SMILES string of the molecule is CCNC(=NCC(C)(C)C(=O)NC)NC1CCCC(C(F)(F)F)C1. The van der Waals surface area contributed by atoms with Gasteiger partial charge in [-0.15, -0.1) is 0 Å². The molecule has 140 valence electrons. The van der Waals surface area contributed by atoms with E-state index in [0.717, 1.165) is 0 Å². The van der Waals surface area contributed by atoms with E-state index in [-0.39, 0.29) is 31.3 Å². The van der Waals surface area contributed by atoms with Crippen LogP contribution in [-0.2, 0) is 4.79 Å². The Morgan fingerprint density at radius 2 is 1.92 bits per heavy atom. The highest BCUT2D eigenvalue weighted by atomic mass is 19.4. The summed E-state index contributed by atoms with van der Waals surface area (Å²) in [4.78, 5) is 16.2. The van der Waals surface area contributed by atoms with Gasteiger partial charge in [-0.1, -0.05) is 6.42 Å². The van der Waals surface area contributed by atoms with Crippen LogP contribution in [0, 0.1) is 11.3 Å². The molecule has 0 spiro atoms. The van der Waals surface area contributed by atoms with Crippen molar-refractivity contribution in [3.05, 3.63) is 0 Å². The Balaban J connectivity index is 2.71. The van der Waals surface area contributed by atoms with Crippen LogP contribution in [0.1, 0.15) is 46.5 Å². The summed E-state index contributed by atoms with van der Waals surface area (Å²) in [5, 5.41) is 8.73. The highest BCUT2D eigenvalue weighted by Gasteiger charge is 2.42. The molecule has 0 aromatic rings. The maximum atomic E-state index is 12.9. The van der Waals surface area contributed by atoms with E-state index < -0.39 is 17.5 Å². The predicted octanol–water partition coefficient (Wildman–Crippen LogP) is 2.43. The Morgan fingerprint density at radius 3 is 2.46 bits per heavy atom. The fourth-order valence-corrected chi connectivity index (χ4v) is 2.82. The molecule has 1 amide bonds. The van der Waals surface area contributed by atoms with Gasteiger partial charge in [0.25, 0.3) is 0 Å². The van der Waals surface area contributed by atoms with Crippen molar-refractivity contribution in [1.29, 1.82) is 0 Å². The summed E-state index contributed by atoms with van der Waals surface area (Å²) in [6, 6.07) is -0.258. The summed E-state index contributed by atoms with van der Waals surface area (Å²) in [6.45, 7) is 6.29. The predicted molar refractivity (Wildman–Crippen MR) is 88.8 cm³/mol. The third-order valence-electron chi connectivity index (χ3n) is 4.30. The van der Waals surface area contributed by atoms with Gasteiger partial charge >= 0.3 is 6.18 Å². The molecule has 1 aliphatic rings. The zero-order valence-electron chi connectivity index (χ0n) is 14.9. The first-order chi connectivity index (χ1) is 11.1. The standard InChI is InChI=1S/C16H29F3N4O/c1-5-21-14(22-10-15(2,3)13(24)20-4)23-12-8-6-7-11(9-12)16(17,18)19/h11-12H,5-10H2,1-4H3,(H,20,24)(H2,21,22,23). The van der Waals surface area contributed by atoms with Crippen molar-refractivity contribution in [3.63, 3.8) is 0 Å². The highest BCUT2D eigenvalue weighted by molar-refractivity contribution is 5.83. The number of aliphatic imine (C=N–C) groups is 1. The van der Waals surface area contributed by atoms with Crippen LogP contribution in [0.3, 0.4) is 0 Å². The van der Waals surface area contributed by atoms with Crippen LogP contribution in [0.2, 0.25) is 0 Å². The van der Waals surface area contributed by atoms with E-state index in [1.54, 1.807) is 20.9 Å². The molecule has 0 saturated heterocycles. The molecule has 1 fully saturated rings. The van der Waals surface area contributed by atoms with Crippen LogP contribution < -0.4 is 16.0 Å². The van der Waals surface area contributed by atoms with Gasteiger partial charge in [0, 0.05) is 19.6 Å². The second-order valence-electron chi connectivity index (χ2n) is 6.90. The van der Waals surface area contributed by atoms with E-state index in [2.05, 4.69) is 20.9 Å². The van der Waals surface area contributed by atoms with E-state index in [0.29, 0.717) is 25.3 Å². The molecule has 3 N–H and O–H groups in total. The van der Waals surface area contributed by atoms with E-state index in [4.69, 9.17) is 0 Å². The van der Waals surface area contributed by atoms with Crippen molar-refractivity contribution in [3.8, 4) is 0 Å². The molecule has 0 bridgehead atoms. The molecular formula is C16H29F3N4O. The Labute approximate surface area is 141 Å². The molecule has 8 heteroatoms. The van der Waals surface area contributed by atoms with E-state index >= 15 is 0 Å². The van der Waals surface area contributed by atoms with E-state index in [1.807, 2.05) is 6.92 Å². The third-order valence-corrected chi connectivity index (χ3v) is 4.30. The van der Waals surface area contributed by atoms with Crippen molar-refractivity contribution in [1.82, 2.24) is 16.0 Å². The lowest BCUT2D eigenvalue weighted by Gasteiger charge is -2.32. The molecule has 1 aliphatic carbocycles. The van der Waals surface area contributed by atoms with E-state index in [1.165, 1.54) is 0 Å². The van der Waals surface area contributed by atoms with Crippen LogP contribution in [-0.4, -0.2) is 44.2 Å². The average molecular weight is 350 g/mol. The molecule has 0 aromatic carbocycles. The topological polar surface area (TPSA) is 65.5 Å². The third kappa shape index (κ3) is 6.20. The molecule has 1 saturated carbocycles. The van der Waals surface area contributed by atoms with Gasteiger partial charge in [0.15, 0.2) is 5.96 Å². The number of hydrogen-bond donors (Lipinski definition) is 3. The van der Waals surface area contributed by atoms with Crippen molar-refractivity contribution in [2.24, 2.45) is 16.3 Å². The van der Waals surface area contributed by atoms with Crippen LogP contribution >= 0.6 is 0 Å². The average Bonchev–Trinajstić information content (AvgIpc) is 2.51. The van der Waals surface area contributed by atoms with Crippen LogP contribution in [0.25, 0.3) is 0 Å². The number of hydrogen-bond acceptors (Lipinski definition) is 2. The first-order valence-corrected chi connectivity index (χ1v) is 8.44. The Bertz CT molecular complexity index is 449. The van der Waals surface area contributed by atoms with Gasteiger partial charge in [-0.3, -0.25) is 9.79 Å². The molecular weight excluding hydrogens is 321 g/mol. The van der Waals surface area contributed by atoms with Crippen molar-refractivity contribution in [2.75, 3.05) is 20.1 Å². The Kier molecular flexibility index (Phi) is 7.35. The monoisotopic (exact) mass is 350 g/mol. The fraction of sp³-hybridized carbons (Fsp3) is 0.875. The first-order valence-electron chi connectivity index (χ1n) is 8.44. The summed E-state index contributed by atoms with van der Waals surface area (Å²) in [7, 11) is 1.57. The van der Waals surface area contributed by atoms with Crippen LogP contribution in [0.15, 0.2) is 4.99 Å². The second-order valence-corrected chi connectivity index (χ2v) is 6.90. The number of nitrogens with zero attached hydrogens (tertiary/aromatic N) is 1. The number of amides is 1. The van der Waals surface area contributed by atoms with E-state index in [9.17, 15) is 18.0 Å². The van der Waals surface area contributed by atoms with Crippen LogP contribution in [0.5, 0.6) is 0 Å². The normalized spacial score (nSPS) is 22.9. The Morgan fingerprint density at radius 1 is 1.25 bits per heavy atom. The minimum Gasteiger partial charge on any atom is -0.359 e. The summed E-state index contributed by atoms with van der Waals surface area (Å²) >= 11 is 0. The number of guanidine groups is 1. The summed E-state index contributed by atoms with van der Waals surface area (Å²) in [6.07, 6.45) is -2.65. The molecule has 0 aliphatic heterocycles.